The zero-order chi connectivity index (χ0) is 14.9. The molecule has 0 saturated heterocycles. The van der Waals surface area contributed by atoms with Gasteiger partial charge in [0.2, 0.25) is 0 Å². The molecule has 0 aliphatic rings. The first-order chi connectivity index (χ1) is 9.31. The SMILES string of the molecule is CC(O)(Cc1c(F)cccc1F)c1ccc(Br)cc1Cl. The summed E-state index contributed by atoms with van der Waals surface area (Å²) in [6.07, 6.45) is -0.202. The summed E-state index contributed by atoms with van der Waals surface area (Å²) in [5, 5.41) is 10.9. The van der Waals surface area contributed by atoms with E-state index in [2.05, 4.69) is 15.9 Å². The predicted octanol–water partition coefficient (Wildman–Crippen LogP) is 4.83. The number of hydrogen-bond acceptors (Lipinski definition) is 1. The van der Waals surface area contributed by atoms with Crippen LogP contribution in [-0.2, 0) is 12.0 Å². The standard InChI is InChI=1S/C15H12BrClF2O/c1-15(20,11-6-5-9(16)7-12(11)17)8-10-13(18)3-2-4-14(10)19/h2-7,20H,8H2,1H3. The summed E-state index contributed by atoms with van der Waals surface area (Å²) in [4.78, 5) is 0. The molecule has 0 radical (unpaired) electrons. The molecular weight excluding hydrogens is 350 g/mol. The van der Waals surface area contributed by atoms with Crippen LogP contribution in [0.3, 0.4) is 0 Å². The van der Waals surface area contributed by atoms with Gasteiger partial charge in [0.25, 0.3) is 0 Å². The Labute approximate surface area is 129 Å². The largest absolute Gasteiger partial charge is 0.385 e. The van der Waals surface area contributed by atoms with E-state index in [1.54, 1.807) is 18.2 Å². The van der Waals surface area contributed by atoms with Crippen molar-refractivity contribution in [3.63, 3.8) is 0 Å². The quantitative estimate of drug-likeness (QED) is 0.830. The second kappa shape index (κ2) is 5.80. The second-order valence-electron chi connectivity index (χ2n) is 4.78. The Morgan fingerprint density at radius 1 is 1.20 bits per heavy atom. The minimum Gasteiger partial charge on any atom is -0.385 e. The molecular formula is C15H12BrClF2O. The van der Waals surface area contributed by atoms with Gasteiger partial charge in [0, 0.05) is 27.0 Å². The van der Waals surface area contributed by atoms with Crippen molar-refractivity contribution in [2.75, 3.05) is 0 Å². The molecule has 0 heterocycles. The van der Waals surface area contributed by atoms with Gasteiger partial charge in [0.15, 0.2) is 0 Å². The third-order valence-corrected chi connectivity index (χ3v) is 3.90. The summed E-state index contributed by atoms with van der Waals surface area (Å²) in [7, 11) is 0. The molecule has 106 valence electrons. The van der Waals surface area contributed by atoms with Gasteiger partial charge in [-0.15, -0.1) is 0 Å². The van der Waals surface area contributed by atoms with E-state index in [0.29, 0.717) is 10.6 Å². The Bertz CT molecular complexity index is 624. The molecule has 1 atom stereocenters. The molecule has 2 rings (SSSR count). The van der Waals surface area contributed by atoms with Gasteiger partial charge < -0.3 is 5.11 Å². The van der Waals surface area contributed by atoms with Crippen LogP contribution in [0.25, 0.3) is 0 Å². The van der Waals surface area contributed by atoms with Gasteiger partial charge in [0.1, 0.15) is 11.6 Å². The summed E-state index contributed by atoms with van der Waals surface area (Å²) in [5.74, 6) is -1.36. The van der Waals surface area contributed by atoms with Crippen LogP contribution in [0.1, 0.15) is 18.1 Å². The molecule has 2 aromatic rings. The van der Waals surface area contributed by atoms with E-state index < -0.39 is 17.2 Å². The lowest BCUT2D eigenvalue weighted by Crippen LogP contribution is -2.26. The molecule has 0 bridgehead atoms. The molecule has 20 heavy (non-hydrogen) atoms. The molecule has 0 aliphatic carbocycles. The van der Waals surface area contributed by atoms with Crippen LogP contribution >= 0.6 is 27.5 Å². The first kappa shape index (κ1) is 15.4. The minimum atomic E-state index is -1.47. The van der Waals surface area contributed by atoms with Crippen molar-refractivity contribution in [1.29, 1.82) is 0 Å². The molecule has 0 amide bonds. The number of hydrogen-bond donors (Lipinski definition) is 1. The topological polar surface area (TPSA) is 20.2 Å². The van der Waals surface area contributed by atoms with Crippen LogP contribution in [-0.4, -0.2) is 5.11 Å². The second-order valence-corrected chi connectivity index (χ2v) is 6.10. The maximum atomic E-state index is 13.7. The number of aliphatic hydroxyl groups is 1. The first-order valence-electron chi connectivity index (χ1n) is 5.92. The highest BCUT2D eigenvalue weighted by Gasteiger charge is 2.28. The van der Waals surface area contributed by atoms with E-state index >= 15 is 0 Å². The van der Waals surface area contributed by atoms with Gasteiger partial charge in [-0.2, -0.15) is 0 Å². The Balaban J connectivity index is 2.40. The van der Waals surface area contributed by atoms with E-state index in [1.807, 2.05) is 0 Å². The van der Waals surface area contributed by atoms with Crippen LogP contribution in [0.5, 0.6) is 0 Å². The Kier molecular flexibility index (Phi) is 4.47. The lowest BCUT2D eigenvalue weighted by Gasteiger charge is -2.25. The van der Waals surface area contributed by atoms with E-state index in [1.165, 1.54) is 13.0 Å². The highest BCUT2D eigenvalue weighted by molar-refractivity contribution is 9.10. The van der Waals surface area contributed by atoms with E-state index in [0.717, 1.165) is 16.6 Å². The van der Waals surface area contributed by atoms with Crippen molar-refractivity contribution in [2.45, 2.75) is 18.9 Å². The third-order valence-electron chi connectivity index (χ3n) is 3.09. The molecule has 0 saturated carbocycles. The molecule has 0 spiro atoms. The first-order valence-corrected chi connectivity index (χ1v) is 7.09. The highest BCUT2D eigenvalue weighted by atomic mass is 79.9. The molecule has 0 fully saturated rings. The number of benzene rings is 2. The minimum absolute atomic E-state index is 0.156. The Morgan fingerprint density at radius 3 is 2.35 bits per heavy atom. The molecule has 1 N–H and O–H groups in total. The molecule has 0 aliphatic heterocycles. The summed E-state index contributed by atoms with van der Waals surface area (Å²) in [6, 6.07) is 8.59. The summed E-state index contributed by atoms with van der Waals surface area (Å²) < 4.78 is 28.1. The van der Waals surface area contributed by atoms with Crippen LogP contribution < -0.4 is 0 Å². The van der Waals surface area contributed by atoms with E-state index in [4.69, 9.17) is 11.6 Å². The fourth-order valence-corrected chi connectivity index (χ4v) is 2.94. The van der Waals surface area contributed by atoms with Crippen LogP contribution in [0, 0.1) is 11.6 Å². The fraction of sp³-hybridized carbons (Fsp3) is 0.200. The van der Waals surface area contributed by atoms with Crippen molar-refractivity contribution >= 4 is 27.5 Å². The van der Waals surface area contributed by atoms with Crippen molar-refractivity contribution < 1.29 is 13.9 Å². The van der Waals surface area contributed by atoms with Gasteiger partial charge in [0.05, 0.1) is 5.60 Å². The van der Waals surface area contributed by atoms with Crippen molar-refractivity contribution in [2.24, 2.45) is 0 Å². The number of halogens is 4. The fourth-order valence-electron chi connectivity index (χ4n) is 2.07. The maximum Gasteiger partial charge on any atom is 0.129 e. The summed E-state index contributed by atoms with van der Waals surface area (Å²) in [6.45, 7) is 1.48. The smallest absolute Gasteiger partial charge is 0.129 e. The summed E-state index contributed by atoms with van der Waals surface area (Å²) >= 11 is 9.35. The lowest BCUT2D eigenvalue weighted by atomic mass is 9.88. The van der Waals surface area contributed by atoms with Gasteiger partial charge in [-0.05, 0) is 31.2 Å². The van der Waals surface area contributed by atoms with E-state index in [-0.39, 0.29) is 12.0 Å². The molecule has 1 unspecified atom stereocenters. The predicted molar refractivity (Wildman–Crippen MR) is 78.8 cm³/mol. The monoisotopic (exact) mass is 360 g/mol. The zero-order valence-corrected chi connectivity index (χ0v) is 13.0. The Hall–Kier alpha value is -0.970. The maximum absolute atomic E-state index is 13.7. The average molecular weight is 362 g/mol. The van der Waals surface area contributed by atoms with Crippen LogP contribution in [0.4, 0.5) is 8.78 Å². The summed E-state index contributed by atoms with van der Waals surface area (Å²) in [5.41, 5.74) is -1.21. The van der Waals surface area contributed by atoms with Gasteiger partial charge in [-0.1, -0.05) is 39.7 Å². The third kappa shape index (κ3) is 3.19. The van der Waals surface area contributed by atoms with Crippen molar-refractivity contribution in [3.8, 4) is 0 Å². The van der Waals surface area contributed by atoms with Crippen LogP contribution in [0.2, 0.25) is 5.02 Å². The van der Waals surface area contributed by atoms with E-state index in [9.17, 15) is 13.9 Å². The molecule has 5 heteroatoms. The van der Waals surface area contributed by atoms with Gasteiger partial charge >= 0.3 is 0 Å². The van der Waals surface area contributed by atoms with Gasteiger partial charge in [-0.3, -0.25) is 0 Å². The number of rotatable bonds is 3. The van der Waals surface area contributed by atoms with Gasteiger partial charge in [-0.25, -0.2) is 8.78 Å². The zero-order valence-electron chi connectivity index (χ0n) is 10.6. The average Bonchev–Trinajstić information content (AvgIpc) is 2.33. The van der Waals surface area contributed by atoms with Crippen molar-refractivity contribution in [1.82, 2.24) is 0 Å². The highest BCUT2D eigenvalue weighted by Crippen LogP contribution is 2.33. The Morgan fingerprint density at radius 2 is 1.80 bits per heavy atom. The molecule has 1 nitrogen and oxygen atoms in total. The normalized spacial score (nSPS) is 14.1. The van der Waals surface area contributed by atoms with Crippen LogP contribution in [0.15, 0.2) is 40.9 Å². The lowest BCUT2D eigenvalue weighted by molar-refractivity contribution is 0.0558. The molecule has 2 aromatic carbocycles. The molecule has 0 aromatic heterocycles. The van der Waals surface area contributed by atoms with Crippen molar-refractivity contribution in [3.05, 3.63) is 68.7 Å².